The van der Waals surface area contributed by atoms with E-state index in [0.29, 0.717) is 6.54 Å². The lowest BCUT2D eigenvalue weighted by Crippen LogP contribution is -2.41. The Kier molecular flexibility index (Phi) is 6.01. The molecule has 16 heavy (non-hydrogen) atoms. The number of nitrogens with one attached hydrogen (secondary N) is 1. The third-order valence-corrected chi connectivity index (χ3v) is 3.92. The summed E-state index contributed by atoms with van der Waals surface area (Å²) in [6.45, 7) is 2.68. The molecule has 1 amide bonds. The van der Waals surface area contributed by atoms with Gasteiger partial charge in [0.2, 0.25) is 5.91 Å². The number of halogens is 1. The quantitative estimate of drug-likeness (QED) is 0.847. The van der Waals surface area contributed by atoms with Gasteiger partial charge in [-0.05, 0) is 40.9 Å². The van der Waals surface area contributed by atoms with Crippen LogP contribution in [0.25, 0.3) is 0 Å². The highest BCUT2D eigenvalue weighted by Crippen LogP contribution is 2.21. The molecule has 0 aliphatic rings. The first-order chi connectivity index (χ1) is 7.63. The van der Waals surface area contributed by atoms with Gasteiger partial charge >= 0.3 is 0 Å². The van der Waals surface area contributed by atoms with Gasteiger partial charge in [0, 0.05) is 11.4 Å². The Hall–Kier alpha value is -0.390. The van der Waals surface area contributed by atoms with E-state index in [9.17, 15) is 4.79 Å². The molecule has 90 valence electrons. The number of carbonyl (C=O) groups is 1. The van der Waals surface area contributed by atoms with Gasteiger partial charge in [-0.25, -0.2) is 0 Å². The summed E-state index contributed by atoms with van der Waals surface area (Å²) in [6, 6.07) is 3.72. The van der Waals surface area contributed by atoms with Crippen molar-refractivity contribution in [3.63, 3.8) is 0 Å². The minimum Gasteiger partial charge on any atom is -0.354 e. The maximum absolute atomic E-state index is 11.5. The average Bonchev–Trinajstić information content (AvgIpc) is 2.64. The Labute approximate surface area is 109 Å². The first kappa shape index (κ1) is 13.7. The van der Waals surface area contributed by atoms with Crippen LogP contribution in [-0.4, -0.2) is 18.5 Å². The van der Waals surface area contributed by atoms with Crippen molar-refractivity contribution in [1.82, 2.24) is 5.32 Å². The van der Waals surface area contributed by atoms with Crippen molar-refractivity contribution in [2.75, 3.05) is 6.54 Å². The second-order valence-corrected chi connectivity index (χ2v) is 6.19. The monoisotopic (exact) mass is 304 g/mol. The number of hydrogen-bond acceptors (Lipinski definition) is 3. The Balaban J connectivity index is 2.22. The molecule has 1 heterocycles. The van der Waals surface area contributed by atoms with Gasteiger partial charge in [0.05, 0.1) is 9.83 Å². The lowest BCUT2D eigenvalue weighted by atomic mass is 10.1. The second-order valence-electron chi connectivity index (χ2n) is 3.64. The van der Waals surface area contributed by atoms with Gasteiger partial charge < -0.3 is 11.1 Å². The van der Waals surface area contributed by atoms with E-state index in [-0.39, 0.29) is 11.9 Å². The van der Waals surface area contributed by atoms with Crippen molar-refractivity contribution >= 4 is 33.2 Å². The predicted octanol–water partition coefficient (Wildman–Crippen LogP) is 2.30. The highest BCUT2D eigenvalue weighted by Gasteiger charge is 2.11. The van der Waals surface area contributed by atoms with Gasteiger partial charge in [0.25, 0.3) is 0 Å². The minimum absolute atomic E-state index is 0.0440. The summed E-state index contributed by atoms with van der Waals surface area (Å²) in [7, 11) is 0. The van der Waals surface area contributed by atoms with E-state index >= 15 is 0 Å². The maximum atomic E-state index is 11.5. The number of thiophene rings is 1. The Morgan fingerprint density at radius 2 is 2.38 bits per heavy atom. The molecule has 0 spiro atoms. The van der Waals surface area contributed by atoms with Crippen LogP contribution in [0.5, 0.6) is 0 Å². The molecule has 1 aromatic heterocycles. The van der Waals surface area contributed by atoms with E-state index < -0.39 is 0 Å². The number of nitrogens with two attached hydrogens (primary N) is 1. The molecule has 0 aliphatic heterocycles. The fourth-order valence-corrected chi connectivity index (χ4v) is 2.85. The van der Waals surface area contributed by atoms with Crippen molar-refractivity contribution < 1.29 is 4.79 Å². The first-order valence-electron chi connectivity index (χ1n) is 5.41. The molecule has 1 atom stereocenters. The van der Waals surface area contributed by atoms with Gasteiger partial charge in [-0.15, -0.1) is 11.3 Å². The number of rotatable bonds is 6. The lowest BCUT2D eigenvalue weighted by Gasteiger charge is -2.10. The topological polar surface area (TPSA) is 55.1 Å². The Bertz CT molecular complexity index is 340. The second kappa shape index (κ2) is 7.04. The summed E-state index contributed by atoms with van der Waals surface area (Å²) >= 11 is 5.10. The fourth-order valence-electron chi connectivity index (χ4n) is 1.37. The molecule has 5 heteroatoms. The van der Waals surface area contributed by atoms with Crippen molar-refractivity contribution in [2.45, 2.75) is 32.2 Å². The lowest BCUT2D eigenvalue weighted by molar-refractivity contribution is -0.122. The Morgan fingerprint density at radius 1 is 1.62 bits per heavy atom. The van der Waals surface area contributed by atoms with E-state index in [1.807, 2.05) is 13.0 Å². The molecule has 1 rings (SSSR count). The van der Waals surface area contributed by atoms with Crippen molar-refractivity contribution in [3.8, 4) is 0 Å². The van der Waals surface area contributed by atoms with Crippen LogP contribution in [0.3, 0.4) is 0 Å². The maximum Gasteiger partial charge on any atom is 0.236 e. The zero-order chi connectivity index (χ0) is 12.0. The largest absolute Gasteiger partial charge is 0.354 e. The van der Waals surface area contributed by atoms with Crippen LogP contribution in [0, 0.1) is 0 Å². The van der Waals surface area contributed by atoms with Crippen molar-refractivity contribution in [1.29, 1.82) is 0 Å². The zero-order valence-electron chi connectivity index (χ0n) is 9.33. The van der Waals surface area contributed by atoms with E-state index in [1.165, 1.54) is 4.88 Å². The van der Waals surface area contributed by atoms with Gasteiger partial charge in [-0.2, -0.15) is 0 Å². The molecule has 0 fully saturated rings. The third-order valence-electron chi connectivity index (χ3n) is 2.24. The SMILES string of the molecule is CCC[C@@H](N)C(=O)NCCc1ccc(Br)s1. The van der Waals surface area contributed by atoms with Crippen LogP contribution in [0.15, 0.2) is 15.9 Å². The normalized spacial score (nSPS) is 12.4. The van der Waals surface area contributed by atoms with E-state index in [2.05, 4.69) is 27.3 Å². The molecule has 0 aliphatic carbocycles. The molecule has 0 bridgehead atoms. The van der Waals surface area contributed by atoms with E-state index in [0.717, 1.165) is 23.0 Å². The molecular formula is C11H17BrN2OS. The van der Waals surface area contributed by atoms with Gasteiger partial charge in [-0.1, -0.05) is 13.3 Å². The van der Waals surface area contributed by atoms with E-state index in [4.69, 9.17) is 5.73 Å². The molecule has 0 radical (unpaired) electrons. The standard InChI is InChI=1S/C11H17BrN2OS/c1-2-3-9(13)11(15)14-7-6-8-4-5-10(12)16-8/h4-5,9H,2-3,6-7,13H2,1H3,(H,14,15)/t9-/m1/s1. The Morgan fingerprint density at radius 3 is 2.94 bits per heavy atom. The van der Waals surface area contributed by atoms with Crippen molar-refractivity contribution in [2.24, 2.45) is 5.73 Å². The average molecular weight is 305 g/mol. The smallest absolute Gasteiger partial charge is 0.236 e. The zero-order valence-corrected chi connectivity index (χ0v) is 11.7. The predicted molar refractivity (Wildman–Crippen MR) is 71.6 cm³/mol. The van der Waals surface area contributed by atoms with Crippen molar-refractivity contribution in [3.05, 3.63) is 20.8 Å². The fraction of sp³-hybridized carbons (Fsp3) is 0.545. The summed E-state index contributed by atoms with van der Waals surface area (Å²) in [5, 5.41) is 2.85. The first-order valence-corrected chi connectivity index (χ1v) is 7.02. The number of carbonyl (C=O) groups excluding carboxylic acids is 1. The van der Waals surface area contributed by atoms with Crippen LogP contribution < -0.4 is 11.1 Å². The van der Waals surface area contributed by atoms with Crippen LogP contribution >= 0.6 is 27.3 Å². The minimum atomic E-state index is -0.361. The summed E-state index contributed by atoms with van der Waals surface area (Å²) < 4.78 is 1.12. The molecule has 3 nitrogen and oxygen atoms in total. The summed E-state index contributed by atoms with van der Waals surface area (Å²) in [5.41, 5.74) is 5.69. The molecular weight excluding hydrogens is 288 g/mol. The molecule has 3 N–H and O–H groups in total. The van der Waals surface area contributed by atoms with Gasteiger partial charge in [-0.3, -0.25) is 4.79 Å². The van der Waals surface area contributed by atoms with Crippen LogP contribution in [0.1, 0.15) is 24.6 Å². The highest BCUT2D eigenvalue weighted by atomic mass is 79.9. The number of amides is 1. The van der Waals surface area contributed by atoms with Crippen LogP contribution in [0.4, 0.5) is 0 Å². The molecule has 0 saturated carbocycles. The van der Waals surface area contributed by atoms with Crippen LogP contribution in [-0.2, 0) is 11.2 Å². The van der Waals surface area contributed by atoms with Gasteiger partial charge in [0.15, 0.2) is 0 Å². The third kappa shape index (κ3) is 4.63. The van der Waals surface area contributed by atoms with Crippen LogP contribution in [0.2, 0.25) is 0 Å². The van der Waals surface area contributed by atoms with E-state index in [1.54, 1.807) is 11.3 Å². The van der Waals surface area contributed by atoms with Gasteiger partial charge in [0.1, 0.15) is 0 Å². The molecule has 0 aromatic carbocycles. The summed E-state index contributed by atoms with van der Waals surface area (Å²) in [5.74, 6) is -0.0440. The highest BCUT2D eigenvalue weighted by molar-refractivity contribution is 9.11. The summed E-state index contributed by atoms with van der Waals surface area (Å²) in [6.07, 6.45) is 2.55. The number of hydrogen-bond donors (Lipinski definition) is 2. The molecule has 1 aromatic rings. The molecule has 0 saturated heterocycles. The summed E-state index contributed by atoms with van der Waals surface area (Å²) in [4.78, 5) is 12.7. The molecule has 0 unspecified atom stereocenters.